The molecule has 2 heteroatoms. The highest BCUT2D eigenvalue weighted by atomic mass is 15.2. The van der Waals surface area contributed by atoms with Crippen molar-refractivity contribution in [2.75, 3.05) is 9.80 Å². The first kappa shape index (κ1) is 28.4. The Morgan fingerprint density at radius 1 is 0.562 bits per heavy atom. The summed E-state index contributed by atoms with van der Waals surface area (Å²) in [5, 5.41) is 5.19. The van der Waals surface area contributed by atoms with E-state index in [1.165, 1.54) is 72.0 Å². The number of anilines is 5. The molecule has 1 atom stereocenters. The molecule has 1 unspecified atom stereocenters. The molecule has 0 fully saturated rings. The number of fused-ring (bicyclic) bond motifs is 1. The van der Waals surface area contributed by atoms with Gasteiger partial charge in [-0.15, -0.1) is 0 Å². The van der Waals surface area contributed by atoms with Crippen LogP contribution in [0.5, 0.6) is 0 Å². The minimum Gasteiger partial charge on any atom is -0.330 e. The monoisotopic (exact) mass is 616 g/mol. The third kappa shape index (κ3) is 4.48. The SMILES string of the molecule is CC1=CC(N(c2ccccc2)c2cccc3ccccc23)C2=CCc3c(C)cc(N(c4ccccc4)c4ccccc4)c4ccc1c2c34. The lowest BCUT2D eigenvalue weighted by Crippen LogP contribution is -2.34. The molecule has 0 aromatic heterocycles. The maximum atomic E-state index is 2.56. The summed E-state index contributed by atoms with van der Waals surface area (Å²) in [4.78, 5) is 4.98. The van der Waals surface area contributed by atoms with Gasteiger partial charge in [-0.25, -0.2) is 0 Å². The van der Waals surface area contributed by atoms with Crippen LogP contribution in [0.4, 0.5) is 28.4 Å². The van der Waals surface area contributed by atoms with Gasteiger partial charge in [0, 0.05) is 33.5 Å². The van der Waals surface area contributed by atoms with Gasteiger partial charge in [0.15, 0.2) is 0 Å². The van der Waals surface area contributed by atoms with Gasteiger partial charge in [-0.2, -0.15) is 0 Å². The molecule has 0 radical (unpaired) electrons. The van der Waals surface area contributed by atoms with E-state index in [1.54, 1.807) is 0 Å². The lowest BCUT2D eigenvalue weighted by atomic mass is 9.75. The van der Waals surface area contributed by atoms with Crippen LogP contribution in [0.3, 0.4) is 0 Å². The predicted molar refractivity (Wildman–Crippen MR) is 205 cm³/mol. The summed E-state index contributed by atoms with van der Waals surface area (Å²) in [6.07, 6.45) is 5.90. The van der Waals surface area contributed by atoms with Crippen molar-refractivity contribution in [3.63, 3.8) is 0 Å². The fourth-order valence-corrected chi connectivity index (χ4v) is 8.02. The van der Waals surface area contributed by atoms with E-state index in [0.29, 0.717) is 0 Å². The van der Waals surface area contributed by atoms with Crippen molar-refractivity contribution >= 4 is 61.1 Å². The number of benzene rings is 7. The highest BCUT2D eigenvalue weighted by Gasteiger charge is 2.34. The Balaban J connectivity index is 1.30. The first-order valence-corrected chi connectivity index (χ1v) is 16.9. The normalized spacial score (nSPS) is 14.8. The Morgan fingerprint density at radius 2 is 1.19 bits per heavy atom. The van der Waals surface area contributed by atoms with Crippen molar-refractivity contribution in [3.8, 4) is 0 Å². The van der Waals surface area contributed by atoms with Crippen LogP contribution < -0.4 is 9.80 Å². The largest absolute Gasteiger partial charge is 0.330 e. The van der Waals surface area contributed by atoms with Crippen molar-refractivity contribution in [1.82, 2.24) is 0 Å². The highest BCUT2D eigenvalue weighted by Crippen LogP contribution is 2.51. The van der Waals surface area contributed by atoms with E-state index in [2.05, 4.69) is 187 Å². The Morgan fingerprint density at radius 3 is 1.90 bits per heavy atom. The number of hydrogen-bond acceptors (Lipinski definition) is 2. The standard InChI is InChI=1S/C46H36N2/c1-31-29-43(47(34-17-6-3-7-18-34)35-19-8-4-9-20-35)40-27-25-38-32(2)30-44(41-28-26-37(31)45(40)46(38)41)48(36-21-10-5-11-22-36)42-24-14-16-33-15-12-13-23-39(33)42/h3-25,27-30,44H,26H2,1-2H3. The minimum atomic E-state index is 0.0350. The van der Waals surface area contributed by atoms with E-state index in [0.717, 1.165) is 17.8 Å². The topological polar surface area (TPSA) is 6.48 Å². The maximum absolute atomic E-state index is 2.56. The molecular weight excluding hydrogens is 581 g/mol. The van der Waals surface area contributed by atoms with Crippen molar-refractivity contribution in [2.45, 2.75) is 26.3 Å². The van der Waals surface area contributed by atoms with Crippen LogP contribution in [0.15, 0.2) is 164 Å². The average Bonchev–Trinajstić information content (AvgIpc) is 3.14. The Bertz CT molecular complexity index is 2340. The molecule has 2 aliphatic rings. The molecule has 2 aliphatic carbocycles. The molecule has 0 aliphatic heterocycles. The molecule has 48 heavy (non-hydrogen) atoms. The molecule has 9 rings (SSSR count). The number of hydrogen-bond donors (Lipinski definition) is 0. The minimum absolute atomic E-state index is 0.0350. The van der Waals surface area contributed by atoms with Crippen LogP contribution in [0.25, 0.3) is 32.7 Å². The Kier molecular flexibility index (Phi) is 6.76. The third-order valence-corrected chi connectivity index (χ3v) is 10.2. The van der Waals surface area contributed by atoms with Crippen LogP contribution in [0.2, 0.25) is 0 Å². The van der Waals surface area contributed by atoms with E-state index in [-0.39, 0.29) is 6.04 Å². The van der Waals surface area contributed by atoms with E-state index in [4.69, 9.17) is 0 Å². The smallest absolute Gasteiger partial charge is 0.0784 e. The zero-order chi connectivity index (χ0) is 32.2. The lowest BCUT2D eigenvalue weighted by molar-refractivity contribution is 0.948. The molecule has 7 aromatic carbocycles. The number of aryl methyl sites for hydroxylation is 1. The van der Waals surface area contributed by atoms with Gasteiger partial charge in [-0.05, 0) is 113 Å². The molecule has 0 bridgehead atoms. The lowest BCUT2D eigenvalue weighted by Gasteiger charge is -2.40. The molecule has 0 saturated heterocycles. The van der Waals surface area contributed by atoms with Crippen LogP contribution >= 0.6 is 0 Å². The third-order valence-electron chi connectivity index (χ3n) is 10.2. The number of rotatable bonds is 6. The molecule has 0 spiro atoms. The molecule has 0 amide bonds. The van der Waals surface area contributed by atoms with Crippen molar-refractivity contribution in [2.24, 2.45) is 0 Å². The quantitative estimate of drug-likeness (QED) is 0.183. The summed E-state index contributed by atoms with van der Waals surface area (Å²) in [5.74, 6) is 0. The second kappa shape index (κ2) is 11.4. The van der Waals surface area contributed by atoms with Gasteiger partial charge < -0.3 is 9.80 Å². The zero-order valence-electron chi connectivity index (χ0n) is 27.3. The summed E-state index contributed by atoms with van der Waals surface area (Å²) in [6.45, 7) is 4.58. The van der Waals surface area contributed by atoms with Crippen molar-refractivity contribution < 1.29 is 0 Å². The fourth-order valence-electron chi connectivity index (χ4n) is 8.02. The molecular formula is C46H36N2. The number of para-hydroxylation sites is 3. The Labute approximate surface area is 282 Å². The van der Waals surface area contributed by atoms with Gasteiger partial charge in [0.1, 0.15) is 0 Å². The highest BCUT2D eigenvalue weighted by molar-refractivity contribution is 6.12. The fraction of sp³-hybridized carbons (Fsp3) is 0.0870. The predicted octanol–water partition coefficient (Wildman–Crippen LogP) is 12.3. The number of allylic oxidation sites excluding steroid dienone is 2. The molecule has 0 N–H and O–H groups in total. The van der Waals surface area contributed by atoms with Crippen LogP contribution in [-0.2, 0) is 6.42 Å². The first-order chi connectivity index (χ1) is 23.7. The van der Waals surface area contributed by atoms with Crippen LogP contribution in [0.1, 0.15) is 29.2 Å². The molecule has 2 nitrogen and oxygen atoms in total. The number of nitrogens with zero attached hydrogens (tertiary/aromatic N) is 2. The van der Waals surface area contributed by atoms with Gasteiger partial charge in [0.2, 0.25) is 0 Å². The van der Waals surface area contributed by atoms with E-state index < -0.39 is 0 Å². The van der Waals surface area contributed by atoms with Crippen LogP contribution in [0, 0.1) is 6.92 Å². The van der Waals surface area contributed by atoms with Gasteiger partial charge in [0.25, 0.3) is 0 Å². The van der Waals surface area contributed by atoms with E-state index in [9.17, 15) is 0 Å². The molecule has 230 valence electrons. The van der Waals surface area contributed by atoms with Gasteiger partial charge >= 0.3 is 0 Å². The van der Waals surface area contributed by atoms with E-state index >= 15 is 0 Å². The summed E-state index contributed by atoms with van der Waals surface area (Å²) >= 11 is 0. The summed E-state index contributed by atoms with van der Waals surface area (Å²) in [5.41, 5.74) is 14.1. The zero-order valence-corrected chi connectivity index (χ0v) is 27.3. The summed E-state index contributed by atoms with van der Waals surface area (Å²) < 4.78 is 0. The second-order valence-corrected chi connectivity index (χ2v) is 13.0. The Hall–Kier alpha value is -5.86. The summed E-state index contributed by atoms with van der Waals surface area (Å²) in [7, 11) is 0. The second-order valence-electron chi connectivity index (χ2n) is 13.0. The van der Waals surface area contributed by atoms with E-state index in [1.807, 2.05) is 0 Å². The molecule has 0 saturated carbocycles. The average molecular weight is 617 g/mol. The molecule has 7 aromatic rings. The van der Waals surface area contributed by atoms with Gasteiger partial charge in [-0.1, -0.05) is 115 Å². The first-order valence-electron chi connectivity index (χ1n) is 16.9. The molecule has 0 heterocycles. The maximum Gasteiger partial charge on any atom is 0.0784 e. The van der Waals surface area contributed by atoms with Crippen molar-refractivity contribution in [1.29, 1.82) is 0 Å². The van der Waals surface area contributed by atoms with Crippen molar-refractivity contribution in [3.05, 3.63) is 186 Å². The summed E-state index contributed by atoms with van der Waals surface area (Å²) in [6, 6.07) is 55.1. The van der Waals surface area contributed by atoms with Crippen LogP contribution in [-0.4, -0.2) is 6.04 Å². The van der Waals surface area contributed by atoms with Gasteiger partial charge in [-0.3, -0.25) is 0 Å². The van der Waals surface area contributed by atoms with Gasteiger partial charge in [0.05, 0.1) is 11.7 Å².